The van der Waals surface area contributed by atoms with Gasteiger partial charge in [-0.15, -0.1) is 0 Å². The molecule has 1 saturated heterocycles. The molecule has 8 heteroatoms. The second-order valence-electron chi connectivity index (χ2n) is 10.6. The van der Waals surface area contributed by atoms with Crippen LogP contribution in [0.1, 0.15) is 39.9 Å². The first-order valence-electron chi connectivity index (χ1n) is 14.3. The molecule has 1 fully saturated rings. The third-order valence-electron chi connectivity index (χ3n) is 7.85. The Morgan fingerprint density at radius 2 is 1.30 bits per heavy atom. The smallest absolute Gasteiger partial charge is 0.449 e. The number of ether oxygens (including phenoxy) is 5. The maximum atomic E-state index is 13.3. The summed E-state index contributed by atoms with van der Waals surface area (Å²) >= 11 is 0. The zero-order valence-electron chi connectivity index (χ0n) is 23.6. The number of aliphatic hydroxyl groups excluding tert-OH is 1. The van der Waals surface area contributed by atoms with Crippen LogP contribution in [0.15, 0.2) is 109 Å². The number of fused-ring (bicyclic) bond motifs is 3. The lowest BCUT2D eigenvalue weighted by atomic mass is 9.98. The van der Waals surface area contributed by atoms with Crippen LogP contribution in [0.2, 0.25) is 0 Å². The van der Waals surface area contributed by atoms with Gasteiger partial charge < -0.3 is 28.8 Å². The number of esters is 1. The van der Waals surface area contributed by atoms with E-state index in [0.29, 0.717) is 0 Å². The number of rotatable bonds is 8. The van der Waals surface area contributed by atoms with Gasteiger partial charge in [-0.25, -0.2) is 9.59 Å². The molecule has 220 valence electrons. The van der Waals surface area contributed by atoms with Crippen molar-refractivity contribution in [3.05, 3.63) is 131 Å². The summed E-state index contributed by atoms with van der Waals surface area (Å²) in [5.41, 5.74) is 5.48. The summed E-state index contributed by atoms with van der Waals surface area (Å²) in [5, 5.41) is 10.9. The first-order valence-corrected chi connectivity index (χ1v) is 14.3. The Morgan fingerprint density at radius 3 is 1.95 bits per heavy atom. The van der Waals surface area contributed by atoms with E-state index in [9.17, 15) is 14.7 Å². The molecule has 1 N–H and O–H groups in total. The average molecular weight is 581 g/mol. The van der Waals surface area contributed by atoms with Crippen LogP contribution in [0.4, 0.5) is 4.79 Å². The predicted octanol–water partition coefficient (Wildman–Crippen LogP) is 5.87. The van der Waals surface area contributed by atoms with Crippen LogP contribution in [-0.4, -0.2) is 54.5 Å². The van der Waals surface area contributed by atoms with Crippen LogP contribution in [0.25, 0.3) is 11.1 Å². The Morgan fingerprint density at radius 1 is 0.721 bits per heavy atom. The molecular formula is C35H32O8. The lowest BCUT2D eigenvalue weighted by molar-refractivity contribution is -0.287. The molecule has 2 aliphatic rings. The second-order valence-corrected chi connectivity index (χ2v) is 10.6. The molecule has 4 aromatic carbocycles. The predicted molar refractivity (Wildman–Crippen MR) is 157 cm³/mol. The molecule has 0 aromatic heterocycles. The van der Waals surface area contributed by atoms with E-state index in [2.05, 4.69) is 12.1 Å². The summed E-state index contributed by atoms with van der Waals surface area (Å²) in [6, 6.07) is 33.9. The highest BCUT2D eigenvalue weighted by Gasteiger charge is 2.49. The monoisotopic (exact) mass is 580 g/mol. The quantitative estimate of drug-likeness (QED) is 0.259. The summed E-state index contributed by atoms with van der Waals surface area (Å²) in [6.45, 7) is 1.92. The van der Waals surface area contributed by atoms with Gasteiger partial charge in [-0.1, -0.05) is 97.1 Å². The van der Waals surface area contributed by atoms with E-state index in [0.717, 1.165) is 27.8 Å². The number of aliphatic hydroxyl groups is 1. The Balaban J connectivity index is 1.21. The van der Waals surface area contributed by atoms with E-state index in [4.69, 9.17) is 23.7 Å². The number of hydrogen-bond donors (Lipinski definition) is 1. The van der Waals surface area contributed by atoms with Gasteiger partial charge in [-0.3, -0.25) is 0 Å². The molecule has 0 amide bonds. The zero-order valence-corrected chi connectivity index (χ0v) is 23.6. The normalized spacial score (nSPS) is 22.7. The third kappa shape index (κ3) is 6.17. The van der Waals surface area contributed by atoms with Crippen LogP contribution >= 0.6 is 0 Å². The van der Waals surface area contributed by atoms with E-state index in [1.54, 1.807) is 37.3 Å². The van der Waals surface area contributed by atoms with Crippen molar-refractivity contribution in [3.63, 3.8) is 0 Å². The minimum atomic E-state index is -1.56. The SMILES string of the molecule is C[C@@H]1O[C@@H](O)[C@H](OC(=O)c2ccccc2)[C@H](OC(=O)OCC2c3ccccc3-c3ccccc32)[C@H]1OCc1ccccc1. The summed E-state index contributed by atoms with van der Waals surface area (Å²) in [4.78, 5) is 26.3. The van der Waals surface area contributed by atoms with Crippen molar-refractivity contribution in [2.45, 2.75) is 50.2 Å². The highest BCUT2D eigenvalue weighted by atomic mass is 16.7. The number of carbonyl (C=O) groups excluding carboxylic acids is 2. The summed E-state index contributed by atoms with van der Waals surface area (Å²) in [7, 11) is 0. The molecule has 0 saturated carbocycles. The van der Waals surface area contributed by atoms with Gasteiger partial charge in [-0.05, 0) is 46.9 Å². The third-order valence-corrected chi connectivity index (χ3v) is 7.85. The fourth-order valence-corrected chi connectivity index (χ4v) is 5.75. The lowest BCUT2D eigenvalue weighted by Gasteiger charge is -2.42. The molecule has 0 spiro atoms. The summed E-state index contributed by atoms with van der Waals surface area (Å²) in [5.74, 6) is -0.873. The molecule has 5 atom stereocenters. The topological polar surface area (TPSA) is 101 Å². The van der Waals surface area contributed by atoms with Gasteiger partial charge >= 0.3 is 12.1 Å². The van der Waals surface area contributed by atoms with Gasteiger partial charge in [0, 0.05) is 5.92 Å². The minimum absolute atomic E-state index is 0.0399. The Labute approximate surface area is 249 Å². The molecule has 0 bridgehead atoms. The largest absolute Gasteiger partial charge is 0.508 e. The number of benzene rings is 4. The molecule has 4 aromatic rings. The van der Waals surface area contributed by atoms with Crippen molar-refractivity contribution in [1.82, 2.24) is 0 Å². The molecule has 1 aliphatic heterocycles. The van der Waals surface area contributed by atoms with E-state index >= 15 is 0 Å². The highest BCUT2D eigenvalue weighted by molar-refractivity contribution is 5.89. The molecule has 1 heterocycles. The van der Waals surface area contributed by atoms with Gasteiger partial charge in [0.15, 0.2) is 18.5 Å². The van der Waals surface area contributed by atoms with Crippen LogP contribution in [0, 0.1) is 0 Å². The first-order chi connectivity index (χ1) is 21.0. The van der Waals surface area contributed by atoms with Crippen molar-refractivity contribution < 1.29 is 38.4 Å². The van der Waals surface area contributed by atoms with Crippen LogP contribution in [0.3, 0.4) is 0 Å². The molecule has 8 nitrogen and oxygen atoms in total. The first kappa shape index (κ1) is 28.6. The van der Waals surface area contributed by atoms with Gasteiger partial charge in [0.05, 0.1) is 18.3 Å². The maximum Gasteiger partial charge on any atom is 0.508 e. The minimum Gasteiger partial charge on any atom is -0.449 e. The van der Waals surface area contributed by atoms with E-state index in [1.807, 2.05) is 66.7 Å². The van der Waals surface area contributed by atoms with E-state index in [1.165, 1.54) is 0 Å². The maximum absolute atomic E-state index is 13.3. The Kier molecular flexibility index (Phi) is 8.51. The van der Waals surface area contributed by atoms with E-state index in [-0.39, 0.29) is 24.7 Å². The molecular weight excluding hydrogens is 548 g/mol. The zero-order chi connectivity index (χ0) is 29.8. The van der Waals surface area contributed by atoms with Gasteiger partial charge in [0.2, 0.25) is 0 Å². The van der Waals surface area contributed by atoms with E-state index < -0.39 is 42.8 Å². The van der Waals surface area contributed by atoms with Crippen molar-refractivity contribution >= 4 is 12.1 Å². The molecule has 0 radical (unpaired) electrons. The summed E-state index contributed by atoms with van der Waals surface area (Å²) in [6.07, 6.45) is -6.70. The van der Waals surface area contributed by atoms with Crippen molar-refractivity contribution in [1.29, 1.82) is 0 Å². The van der Waals surface area contributed by atoms with Crippen LogP contribution in [-0.2, 0) is 30.3 Å². The van der Waals surface area contributed by atoms with Gasteiger partial charge in [0.1, 0.15) is 12.7 Å². The van der Waals surface area contributed by atoms with Gasteiger partial charge in [0.25, 0.3) is 0 Å². The fraction of sp³-hybridized carbons (Fsp3) is 0.257. The van der Waals surface area contributed by atoms with Crippen molar-refractivity contribution in [3.8, 4) is 11.1 Å². The Bertz CT molecular complexity index is 1510. The van der Waals surface area contributed by atoms with Gasteiger partial charge in [-0.2, -0.15) is 0 Å². The van der Waals surface area contributed by atoms with Crippen LogP contribution in [0.5, 0.6) is 0 Å². The second kappa shape index (κ2) is 12.8. The van der Waals surface area contributed by atoms with Crippen molar-refractivity contribution in [2.24, 2.45) is 0 Å². The van der Waals surface area contributed by atoms with Crippen molar-refractivity contribution in [2.75, 3.05) is 6.61 Å². The Hall–Kier alpha value is -4.50. The standard InChI is InChI=1S/C35H32O8/c1-22-30(39-20-23-12-4-2-5-13-23)31(32(34(37)41-22)42-33(36)24-14-6-3-7-15-24)43-35(38)40-21-29-27-18-10-8-16-25(27)26-17-9-11-19-28(26)29/h2-19,22,29-32,34,37H,20-21H2,1H3/t22-,30-,31+,32+,34+/m0/s1. The molecule has 43 heavy (non-hydrogen) atoms. The number of carbonyl (C=O) groups is 2. The summed E-state index contributed by atoms with van der Waals surface area (Å²) < 4.78 is 29.0. The molecule has 6 rings (SSSR count). The fourth-order valence-electron chi connectivity index (χ4n) is 5.75. The molecule has 1 aliphatic carbocycles. The molecule has 0 unspecified atom stereocenters. The highest BCUT2D eigenvalue weighted by Crippen LogP contribution is 2.44. The number of hydrogen-bond acceptors (Lipinski definition) is 8. The average Bonchev–Trinajstić information content (AvgIpc) is 3.36. The van der Waals surface area contributed by atoms with Crippen LogP contribution < -0.4 is 0 Å². The lowest BCUT2D eigenvalue weighted by Crippen LogP contribution is -2.60.